The largest absolute Gasteiger partial charge is 0.445 e. The molecule has 2 unspecified atom stereocenters. The molecule has 0 aliphatic carbocycles. The van der Waals surface area contributed by atoms with Gasteiger partial charge in [-0.2, -0.15) is 0 Å². The molecule has 0 bridgehead atoms. The van der Waals surface area contributed by atoms with Gasteiger partial charge in [0.1, 0.15) is 6.61 Å². The van der Waals surface area contributed by atoms with Crippen molar-refractivity contribution in [2.75, 3.05) is 13.1 Å². The summed E-state index contributed by atoms with van der Waals surface area (Å²) in [6, 6.07) is 10.4. The Kier molecular flexibility index (Phi) is 6.46. The van der Waals surface area contributed by atoms with Crippen molar-refractivity contribution in [2.24, 2.45) is 11.8 Å². The minimum atomic E-state index is -0.313. The topological polar surface area (TPSA) is 41.6 Å². The number of benzene rings is 1. The van der Waals surface area contributed by atoms with E-state index in [4.69, 9.17) is 4.74 Å². The van der Waals surface area contributed by atoms with Gasteiger partial charge in [-0.15, -0.1) is 0 Å². The quantitative estimate of drug-likeness (QED) is 0.900. The molecule has 4 nitrogen and oxygen atoms in total. The molecule has 23 heavy (non-hydrogen) atoms. The van der Waals surface area contributed by atoms with Gasteiger partial charge in [-0.1, -0.05) is 44.2 Å². The molecule has 1 amide bonds. The van der Waals surface area contributed by atoms with Crippen molar-refractivity contribution in [2.45, 2.75) is 52.8 Å². The van der Waals surface area contributed by atoms with Crippen molar-refractivity contribution in [1.29, 1.82) is 0 Å². The molecule has 2 atom stereocenters. The van der Waals surface area contributed by atoms with Crippen LogP contribution < -0.4 is 5.32 Å². The van der Waals surface area contributed by atoms with Crippen LogP contribution in [0.25, 0.3) is 0 Å². The Morgan fingerprint density at radius 2 is 1.91 bits per heavy atom. The third kappa shape index (κ3) is 5.54. The van der Waals surface area contributed by atoms with E-state index in [-0.39, 0.29) is 12.1 Å². The smallest absolute Gasteiger partial charge is 0.407 e. The lowest BCUT2D eigenvalue weighted by Gasteiger charge is -2.41. The molecule has 0 spiro atoms. The number of rotatable bonds is 5. The monoisotopic (exact) mass is 318 g/mol. The normalized spacial score (nSPS) is 22.3. The van der Waals surface area contributed by atoms with Crippen LogP contribution in [0.2, 0.25) is 0 Å². The molecule has 0 aromatic heterocycles. The second-order valence-electron chi connectivity index (χ2n) is 7.19. The molecule has 0 saturated carbocycles. The summed E-state index contributed by atoms with van der Waals surface area (Å²) in [7, 11) is 0. The first-order valence-electron chi connectivity index (χ1n) is 8.67. The van der Waals surface area contributed by atoms with Crippen LogP contribution in [-0.2, 0) is 11.3 Å². The van der Waals surface area contributed by atoms with E-state index in [2.05, 4.69) is 37.9 Å². The van der Waals surface area contributed by atoms with Gasteiger partial charge in [-0.3, -0.25) is 4.90 Å². The molecule has 1 aromatic rings. The molecule has 1 saturated heterocycles. The molecule has 4 heteroatoms. The highest BCUT2D eigenvalue weighted by Gasteiger charge is 2.31. The highest BCUT2D eigenvalue weighted by Crippen LogP contribution is 2.25. The number of piperidine rings is 1. The summed E-state index contributed by atoms with van der Waals surface area (Å²) in [5.41, 5.74) is 1.01. The van der Waals surface area contributed by atoms with E-state index < -0.39 is 0 Å². The maximum absolute atomic E-state index is 12.1. The lowest BCUT2D eigenvalue weighted by Crippen LogP contribution is -2.53. The Bertz CT molecular complexity index is 471. The first-order chi connectivity index (χ1) is 11.0. The number of nitrogens with one attached hydrogen (secondary N) is 1. The summed E-state index contributed by atoms with van der Waals surface area (Å²) in [5.74, 6) is 1.24. The third-order valence-corrected chi connectivity index (χ3v) is 4.72. The number of likely N-dealkylation sites (tertiary alicyclic amines) is 1. The molecule has 1 aromatic carbocycles. The summed E-state index contributed by atoms with van der Waals surface area (Å²) in [5, 5.41) is 3.06. The third-order valence-electron chi connectivity index (χ3n) is 4.72. The number of carbonyl (C=O) groups excluding carboxylic acids is 1. The summed E-state index contributed by atoms with van der Waals surface area (Å²) < 4.78 is 5.35. The summed E-state index contributed by atoms with van der Waals surface area (Å²) in [4.78, 5) is 14.5. The number of hydrogen-bond acceptors (Lipinski definition) is 3. The van der Waals surface area contributed by atoms with E-state index in [1.54, 1.807) is 0 Å². The van der Waals surface area contributed by atoms with Gasteiger partial charge >= 0.3 is 6.09 Å². The number of amides is 1. The van der Waals surface area contributed by atoms with E-state index in [1.807, 2.05) is 30.3 Å². The van der Waals surface area contributed by atoms with E-state index in [9.17, 15) is 4.79 Å². The van der Waals surface area contributed by atoms with Gasteiger partial charge in [0.15, 0.2) is 0 Å². The van der Waals surface area contributed by atoms with E-state index >= 15 is 0 Å². The number of ether oxygens (including phenoxy) is 1. The molecular formula is C19H30N2O2. The van der Waals surface area contributed by atoms with Crippen LogP contribution in [0.1, 0.15) is 39.7 Å². The van der Waals surface area contributed by atoms with Crippen LogP contribution in [0.3, 0.4) is 0 Å². The Balaban J connectivity index is 1.85. The maximum Gasteiger partial charge on any atom is 0.407 e. The Morgan fingerprint density at radius 1 is 1.22 bits per heavy atom. The van der Waals surface area contributed by atoms with Crippen molar-refractivity contribution in [3.8, 4) is 0 Å². The van der Waals surface area contributed by atoms with Crippen molar-refractivity contribution in [3.05, 3.63) is 35.9 Å². The zero-order valence-corrected chi connectivity index (χ0v) is 14.8. The lowest BCUT2D eigenvalue weighted by atomic mass is 9.85. The molecule has 1 aliphatic heterocycles. The standard InChI is InChI=1S/C19H30N2O2/c1-14(2)17-10-18(12-21(11-17)15(3)4)20-19(22)23-13-16-8-6-5-7-9-16/h5-9,14-15,17-18H,10-13H2,1-4H3,(H,20,22). The Labute approximate surface area is 140 Å². The number of nitrogens with zero attached hydrogens (tertiary/aromatic N) is 1. The van der Waals surface area contributed by atoms with Crippen molar-refractivity contribution >= 4 is 6.09 Å². The fourth-order valence-electron chi connectivity index (χ4n) is 3.11. The van der Waals surface area contributed by atoms with Crippen LogP contribution in [0.5, 0.6) is 0 Å². The highest BCUT2D eigenvalue weighted by atomic mass is 16.5. The van der Waals surface area contributed by atoms with Crippen molar-refractivity contribution < 1.29 is 9.53 Å². The van der Waals surface area contributed by atoms with E-state index in [0.717, 1.165) is 25.1 Å². The minimum Gasteiger partial charge on any atom is -0.445 e. The highest BCUT2D eigenvalue weighted by molar-refractivity contribution is 5.67. The predicted molar refractivity (Wildman–Crippen MR) is 93.2 cm³/mol. The molecule has 2 rings (SSSR count). The zero-order valence-electron chi connectivity index (χ0n) is 14.8. The van der Waals surface area contributed by atoms with Gasteiger partial charge in [0.25, 0.3) is 0 Å². The molecule has 0 radical (unpaired) electrons. The molecule has 1 heterocycles. The predicted octanol–water partition coefficient (Wildman–Crippen LogP) is 3.67. The second-order valence-corrected chi connectivity index (χ2v) is 7.19. The van der Waals surface area contributed by atoms with Gasteiger partial charge in [-0.05, 0) is 37.7 Å². The SMILES string of the molecule is CC(C)C1CC(NC(=O)OCc2ccccc2)CN(C(C)C)C1. The van der Waals surface area contributed by atoms with E-state index in [0.29, 0.717) is 24.5 Å². The summed E-state index contributed by atoms with van der Waals surface area (Å²) >= 11 is 0. The van der Waals surface area contributed by atoms with E-state index in [1.165, 1.54) is 0 Å². The summed E-state index contributed by atoms with van der Waals surface area (Å²) in [6.07, 6.45) is 0.716. The first kappa shape index (κ1) is 17.8. The van der Waals surface area contributed by atoms with Gasteiger partial charge in [0.05, 0.1) is 0 Å². The Hall–Kier alpha value is -1.55. The van der Waals surface area contributed by atoms with Crippen LogP contribution >= 0.6 is 0 Å². The Morgan fingerprint density at radius 3 is 2.52 bits per heavy atom. The molecular weight excluding hydrogens is 288 g/mol. The molecule has 128 valence electrons. The van der Waals surface area contributed by atoms with Gasteiger partial charge < -0.3 is 10.1 Å². The van der Waals surface area contributed by atoms with Crippen LogP contribution in [0.15, 0.2) is 30.3 Å². The fraction of sp³-hybridized carbons (Fsp3) is 0.632. The molecule has 1 aliphatic rings. The average molecular weight is 318 g/mol. The minimum absolute atomic E-state index is 0.168. The number of alkyl carbamates (subject to hydrolysis) is 1. The number of carbonyl (C=O) groups is 1. The maximum atomic E-state index is 12.1. The average Bonchev–Trinajstić information content (AvgIpc) is 2.53. The summed E-state index contributed by atoms with van der Waals surface area (Å²) in [6.45, 7) is 11.3. The number of hydrogen-bond donors (Lipinski definition) is 1. The van der Waals surface area contributed by atoms with Gasteiger partial charge in [0.2, 0.25) is 0 Å². The molecule has 1 N–H and O–H groups in total. The first-order valence-corrected chi connectivity index (χ1v) is 8.67. The molecule has 1 fully saturated rings. The van der Waals surface area contributed by atoms with Gasteiger partial charge in [0, 0.05) is 25.2 Å². The zero-order chi connectivity index (χ0) is 16.8. The van der Waals surface area contributed by atoms with Crippen LogP contribution in [-0.4, -0.2) is 36.2 Å². The lowest BCUT2D eigenvalue weighted by molar-refractivity contribution is 0.0810. The van der Waals surface area contributed by atoms with Crippen LogP contribution in [0.4, 0.5) is 4.79 Å². The van der Waals surface area contributed by atoms with Gasteiger partial charge in [-0.25, -0.2) is 4.79 Å². The second kappa shape index (κ2) is 8.34. The fourth-order valence-corrected chi connectivity index (χ4v) is 3.11. The van der Waals surface area contributed by atoms with Crippen molar-refractivity contribution in [1.82, 2.24) is 10.2 Å². The van der Waals surface area contributed by atoms with Crippen molar-refractivity contribution in [3.63, 3.8) is 0 Å². The van der Waals surface area contributed by atoms with Crippen LogP contribution in [0, 0.1) is 11.8 Å².